The van der Waals surface area contributed by atoms with Crippen LogP contribution < -0.4 is 5.32 Å². The van der Waals surface area contributed by atoms with Gasteiger partial charge in [-0.3, -0.25) is 4.79 Å². The standard InChI is InChI=1S/C27H29N3O3/c31-16-19-7-11-22-20(13-19)8-12-23-26(22)28-24(14-17-3-1-2-4-17)27(29-23)30-25(33)15-18-5-9-21(32)10-6-18/h5-7,9-11,13,17,31-32H,1-4,8,12,14-16H2,(H,29,30,33). The molecule has 0 spiro atoms. The molecule has 2 aliphatic rings. The molecule has 0 bridgehead atoms. The van der Waals surface area contributed by atoms with Gasteiger partial charge in [0.15, 0.2) is 5.82 Å². The zero-order chi connectivity index (χ0) is 22.8. The maximum absolute atomic E-state index is 12.8. The summed E-state index contributed by atoms with van der Waals surface area (Å²) in [5, 5.41) is 22.0. The molecule has 1 aromatic heterocycles. The number of nitrogens with one attached hydrogen (secondary N) is 1. The molecule has 2 aliphatic carbocycles. The molecule has 3 N–H and O–H groups in total. The molecule has 2 aromatic carbocycles. The summed E-state index contributed by atoms with van der Waals surface area (Å²) < 4.78 is 0. The molecule has 0 radical (unpaired) electrons. The minimum absolute atomic E-state index is 0.0325. The van der Waals surface area contributed by atoms with Crippen LogP contribution in [0.25, 0.3) is 11.3 Å². The number of phenols is 1. The number of aromatic nitrogens is 2. The van der Waals surface area contributed by atoms with Gasteiger partial charge in [0.1, 0.15) is 5.75 Å². The molecule has 1 saturated carbocycles. The summed E-state index contributed by atoms with van der Waals surface area (Å²) in [6.07, 6.45) is 7.51. The molecule has 170 valence electrons. The van der Waals surface area contributed by atoms with Gasteiger partial charge < -0.3 is 15.5 Å². The second-order valence-corrected chi connectivity index (χ2v) is 9.21. The van der Waals surface area contributed by atoms with E-state index in [9.17, 15) is 15.0 Å². The van der Waals surface area contributed by atoms with Gasteiger partial charge in [-0.05, 0) is 54.0 Å². The first-order valence-corrected chi connectivity index (χ1v) is 11.8. The van der Waals surface area contributed by atoms with E-state index in [4.69, 9.17) is 9.97 Å². The zero-order valence-electron chi connectivity index (χ0n) is 18.7. The molecule has 1 fully saturated rings. The number of phenolic OH excluding ortho intramolecular Hbond substituents is 1. The van der Waals surface area contributed by atoms with E-state index >= 15 is 0 Å². The molecular weight excluding hydrogens is 414 g/mol. The predicted octanol–water partition coefficient (Wildman–Crippen LogP) is 4.35. The Morgan fingerprint density at radius 1 is 1.00 bits per heavy atom. The summed E-state index contributed by atoms with van der Waals surface area (Å²) in [5.74, 6) is 1.21. The molecule has 0 saturated heterocycles. The topological polar surface area (TPSA) is 95.3 Å². The number of hydrogen-bond acceptors (Lipinski definition) is 5. The summed E-state index contributed by atoms with van der Waals surface area (Å²) in [5.41, 5.74) is 6.70. The SMILES string of the molecule is O=C(Cc1ccc(O)cc1)Nc1nc2c(nc1CC1CCCC1)-c1ccc(CO)cc1CC2. The molecule has 0 atom stereocenters. The van der Waals surface area contributed by atoms with Gasteiger partial charge in [0, 0.05) is 5.56 Å². The predicted molar refractivity (Wildman–Crippen MR) is 127 cm³/mol. The number of hydrogen-bond donors (Lipinski definition) is 3. The number of rotatable bonds is 6. The first kappa shape index (κ1) is 21.6. The Morgan fingerprint density at radius 3 is 2.52 bits per heavy atom. The lowest BCUT2D eigenvalue weighted by Crippen LogP contribution is -2.20. The third-order valence-electron chi connectivity index (χ3n) is 6.79. The maximum Gasteiger partial charge on any atom is 0.229 e. The molecule has 6 nitrogen and oxygen atoms in total. The van der Waals surface area contributed by atoms with E-state index in [1.807, 2.05) is 12.1 Å². The Balaban J connectivity index is 1.46. The molecule has 6 heteroatoms. The van der Waals surface area contributed by atoms with Crippen LogP contribution in [-0.2, 0) is 37.1 Å². The summed E-state index contributed by atoms with van der Waals surface area (Å²) in [6, 6.07) is 12.7. The molecule has 0 unspecified atom stereocenters. The van der Waals surface area contributed by atoms with Crippen LogP contribution in [0.3, 0.4) is 0 Å². The van der Waals surface area contributed by atoms with Crippen LogP contribution in [0.2, 0.25) is 0 Å². The summed E-state index contributed by atoms with van der Waals surface area (Å²) in [4.78, 5) is 22.8. The van der Waals surface area contributed by atoms with Crippen LogP contribution >= 0.6 is 0 Å². The van der Waals surface area contributed by atoms with Gasteiger partial charge in [-0.1, -0.05) is 56.0 Å². The maximum atomic E-state index is 12.8. The lowest BCUT2D eigenvalue weighted by Gasteiger charge is -2.22. The van der Waals surface area contributed by atoms with Crippen molar-refractivity contribution in [3.05, 3.63) is 70.5 Å². The molecular formula is C27H29N3O3. The Labute approximate surface area is 193 Å². The highest BCUT2D eigenvalue weighted by molar-refractivity contribution is 5.92. The van der Waals surface area contributed by atoms with Gasteiger partial charge >= 0.3 is 0 Å². The smallest absolute Gasteiger partial charge is 0.229 e. The molecule has 1 amide bonds. The average molecular weight is 444 g/mol. The second-order valence-electron chi connectivity index (χ2n) is 9.21. The minimum Gasteiger partial charge on any atom is -0.508 e. The van der Waals surface area contributed by atoms with E-state index in [0.29, 0.717) is 11.7 Å². The summed E-state index contributed by atoms with van der Waals surface area (Å²) in [7, 11) is 0. The van der Waals surface area contributed by atoms with E-state index in [-0.39, 0.29) is 24.7 Å². The van der Waals surface area contributed by atoms with Crippen molar-refractivity contribution in [1.82, 2.24) is 9.97 Å². The van der Waals surface area contributed by atoms with Crippen molar-refractivity contribution in [2.24, 2.45) is 5.92 Å². The number of fused-ring (bicyclic) bond motifs is 3. The van der Waals surface area contributed by atoms with Gasteiger partial charge in [-0.25, -0.2) is 9.97 Å². The van der Waals surface area contributed by atoms with Crippen LogP contribution in [0, 0.1) is 5.92 Å². The Morgan fingerprint density at radius 2 is 1.76 bits per heavy atom. The van der Waals surface area contributed by atoms with Gasteiger partial charge in [0.2, 0.25) is 5.91 Å². The van der Waals surface area contributed by atoms with Gasteiger partial charge in [0.25, 0.3) is 0 Å². The first-order chi connectivity index (χ1) is 16.1. The fourth-order valence-corrected chi connectivity index (χ4v) is 5.04. The molecule has 1 heterocycles. The van der Waals surface area contributed by atoms with Crippen molar-refractivity contribution in [1.29, 1.82) is 0 Å². The number of benzene rings is 2. The van der Waals surface area contributed by atoms with Gasteiger partial charge in [-0.15, -0.1) is 0 Å². The Bertz CT molecular complexity index is 1170. The van der Waals surface area contributed by atoms with Crippen molar-refractivity contribution in [3.8, 4) is 17.0 Å². The lowest BCUT2D eigenvalue weighted by molar-refractivity contribution is -0.115. The van der Waals surface area contributed by atoms with E-state index in [0.717, 1.165) is 53.0 Å². The van der Waals surface area contributed by atoms with Crippen molar-refractivity contribution in [2.75, 3.05) is 5.32 Å². The summed E-state index contributed by atoms with van der Waals surface area (Å²) in [6.45, 7) is 0.0325. The number of amides is 1. The van der Waals surface area contributed by atoms with Gasteiger partial charge in [0.05, 0.1) is 30.1 Å². The number of aliphatic hydroxyl groups excluding tert-OH is 1. The number of carbonyl (C=O) groups is 1. The van der Waals surface area contributed by atoms with Crippen molar-refractivity contribution >= 4 is 11.7 Å². The third kappa shape index (κ3) is 4.76. The van der Waals surface area contributed by atoms with Crippen LogP contribution in [0.4, 0.5) is 5.82 Å². The fourth-order valence-electron chi connectivity index (χ4n) is 5.04. The molecule has 0 aliphatic heterocycles. The second kappa shape index (κ2) is 9.32. The Hall–Kier alpha value is -3.25. The monoisotopic (exact) mass is 443 g/mol. The van der Waals surface area contributed by atoms with Crippen molar-refractivity contribution in [3.63, 3.8) is 0 Å². The van der Waals surface area contributed by atoms with E-state index in [2.05, 4.69) is 11.4 Å². The van der Waals surface area contributed by atoms with Crippen LogP contribution in [0.5, 0.6) is 5.75 Å². The number of carbonyl (C=O) groups excluding carboxylic acids is 1. The highest BCUT2D eigenvalue weighted by Gasteiger charge is 2.25. The zero-order valence-corrected chi connectivity index (χ0v) is 18.7. The minimum atomic E-state index is -0.133. The molecule has 3 aromatic rings. The number of nitrogens with zero attached hydrogens (tertiary/aromatic N) is 2. The number of anilines is 1. The molecule has 5 rings (SSSR count). The fraction of sp³-hybridized carbons (Fsp3) is 0.370. The summed E-state index contributed by atoms with van der Waals surface area (Å²) >= 11 is 0. The van der Waals surface area contributed by atoms with Crippen molar-refractivity contribution in [2.45, 2.75) is 58.0 Å². The Kier molecular flexibility index (Phi) is 6.09. The quantitative estimate of drug-likeness (QED) is 0.526. The number of aryl methyl sites for hydroxylation is 2. The van der Waals surface area contributed by atoms with Gasteiger partial charge in [-0.2, -0.15) is 0 Å². The van der Waals surface area contributed by atoms with Crippen LogP contribution in [-0.4, -0.2) is 26.1 Å². The van der Waals surface area contributed by atoms with Crippen LogP contribution in [0.1, 0.15) is 53.8 Å². The van der Waals surface area contributed by atoms with E-state index < -0.39 is 0 Å². The number of aromatic hydroxyl groups is 1. The van der Waals surface area contributed by atoms with Crippen LogP contribution in [0.15, 0.2) is 42.5 Å². The van der Waals surface area contributed by atoms with E-state index in [1.165, 1.54) is 31.2 Å². The molecule has 33 heavy (non-hydrogen) atoms. The lowest BCUT2D eigenvalue weighted by atomic mass is 9.90. The largest absolute Gasteiger partial charge is 0.508 e. The highest BCUT2D eigenvalue weighted by Crippen LogP contribution is 2.35. The third-order valence-corrected chi connectivity index (χ3v) is 6.79. The van der Waals surface area contributed by atoms with E-state index in [1.54, 1.807) is 24.3 Å². The highest BCUT2D eigenvalue weighted by atomic mass is 16.3. The average Bonchev–Trinajstić information content (AvgIpc) is 3.33. The number of aliphatic hydroxyl groups is 1. The first-order valence-electron chi connectivity index (χ1n) is 11.8. The normalized spacial score (nSPS) is 15.2. The van der Waals surface area contributed by atoms with Crippen molar-refractivity contribution < 1.29 is 15.0 Å².